The number of allylic oxidation sites excluding steroid dienone is 5. The standard InChI is InChI=1S/C50H93O11P/c1-4-5-6-7-8-9-10-17-21-24-27-30-33-37-46(52)38-35-40-49(54)58-43-48(44-60-62(56,57)59-42-47(53)41-51)61-50(55)39-34-31-28-25-22-19-16-14-12-11-13-15-18-20-23-26-29-32-36-45(2)3/h17,21,27,30,33,37,45-48,51-53H,4-16,18-20,22-26,28-29,31-32,34-36,38-44H2,1-3H3,(H,56,57)/b21-17+,30-27+,37-33+/t46?,47-,48+/m0/s1. The second-order valence-electron chi connectivity index (χ2n) is 17.5. The van der Waals surface area contributed by atoms with Crippen LogP contribution in [0.1, 0.15) is 220 Å². The van der Waals surface area contributed by atoms with E-state index in [0.29, 0.717) is 19.3 Å². The number of esters is 2. The smallest absolute Gasteiger partial charge is 0.462 e. The Hall–Kier alpha value is -1.85. The van der Waals surface area contributed by atoms with Crippen LogP contribution in [0.4, 0.5) is 0 Å². The third kappa shape index (κ3) is 44.7. The molecule has 0 aromatic heterocycles. The van der Waals surface area contributed by atoms with Crippen molar-refractivity contribution in [2.45, 2.75) is 238 Å². The van der Waals surface area contributed by atoms with Gasteiger partial charge in [-0.3, -0.25) is 18.6 Å². The molecule has 0 heterocycles. The lowest BCUT2D eigenvalue weighted by Crippen LogP contribution is -2.30. The third-order valence-electron chi connectivity index (χ3n) is 10.8. The summed E-state index contributed by atoms with van der Waals surface area (Å²) in [5, 5.41) is 28.7. The Bertz CT molecular complexity index is 1160. The first kappa shape index (κ1) is 60.2. The number of hydrogen-bond donors (Lipinski definition) is 4. The van der Waals surface area contributed by atoms with Gasteiger partial charge in [-0.25, -0.2) is 4.57 Å². The minimum absolute atomic E-state index is 0.0192. The molecule has 4 N–H and O–H groups in total. The molecule has 2 unspecified atom stereocenters. The van der Waals surface area contributed by atoms with Gasteiger partial charge in [0, 0.05) is 12.8 Å². The van der Waals surface area contributed by atoms with E-state index < -0.39 is 64.5 Å². The van der Waals surface area contributed by atoms with Crippen LogP contribution in [0.2, 0.25) is 0 Å². The first-order chi connectivity index (χ1) is 30.0. The van der Waals surface area contributed by atoms with E-state index in [9.17, 15) is 29.3 Å². The predicted octanol–water partition coefficient (Wildman–Crippen LogP) is 12.7. The van der Waals surface area contributed by atoms with Gasteiger partial charge in [-0.1, -0.05) is 205 Å². The lowest BCUT2D eigenvalue weighted by Gasteiger charge is -2.20. The average Bonchev–Trinajstić information content (AvgIpc) is 3.24. The molecule has 0 aromatic carbocycles. The van der Waals surface area contributed by atoms with E-state index in [4.69, 9.17) is 19.1 Å². The maximum absolute atomic E-state index is 12.7. The van der Waals surface area contributed by atoms with Gasteiger partial charge >= 0.3 is 19.8 Å². The van der Waals surface area contributed by atoms with Crippen LogP contribution in [0, 0.1) is 5.92 Å². The molecule has 0 aliphatic heterocycles. The second-order valence-corrected chi connectivity index (χ2v) is 19.0. The van der Waals surface area contributed by atoms with E-state index in [1.807, 2.05) is 12.2 Å². The summed E-state index contributed by atoms with van der Waals surface area (Å²) in [6.07, 6.45) is 42.9. The van der Waals surface area contributed by atoms with Gasteiger partial charge in [-0.15, -0.1) is 0 Å². The molecule has 0 aliphatic carbocycles. The van der Waals surface area contributed by atoms with E-state index >= 15 is 0 Å². The van der Waals surface area contributed by atoms with Crippen LogP contribution in [0.25, 0.3) is 0 Å². The molecule has 0 spiro atoms. The Morgan fingerprint density at radius 3 is 1.66 bits per heavy atom. The van der Waals surface area contributed by atoms with Gasteiger partial charge in [0.25, 0.3) is 0 Å². The third-order valence-corrected chi connectivity index (χ3v) is 11.8. The SMILES string of the molecule is CCCCCCCC/C=C/C/C=C/C=C/C(O)CCCC(=O)OC[C@H](COP(=O)(O)OC[C@@H](O)CO)OC(=O)CCCCCCCCCCCCCCCCCCCCC(C)C. The zero-order chi connectivity index (χ0) is 45.8. The van der Waals surface area contributed by atoms with Gasteiger partial charge in [0.05, 0.1) is 25.9 Å². The van der Waals surface area contributed by atoms with Crippen molar-refractivity contribution in [3.05, 3.63) is 36.5 Å². The summed E-state index contributed by atoms with van der Waals surface area (Å²) >= 11 is 0. The fourth-order valence-electron chi connectivity index (χ4n) is 6.95. The van der Waals surface area contributed by atoms with Crippen LogP contribution >= 0.6 is 7.82 Å². The highest BCUT2D eigenvalue weighted by Crippen LogP contribution is 2.43. The number of carbonyl (C=O) groups is 2. The number of rotatable bonds is 46. The molecule has 62 heavy (non-hydrogen) atoms. The second kappa shape index (κ2) is 44.4. The van der Waals surface area contributed by atoms with Crippen molar-refractivity contribution in [1.82, 2.24) is 0 Å². The Balaban J connectivity index is 4.33. The molecule has 0 aromatic rings. The van der Waals surface area contributed by atoms with E-state index in [0.717, 1.165) is 38.0 Å². The zero-order valence-corrected chi connectivity index (χ0v) is 40.5. The van der Waals surface area contributed by atoms with Crippen molar-refractivity contribution in [2.24, 2.45) is 5.92 Å². The lowest BCUT2D eigenvalue weighted by molar-refractivity contribution is -0.161. The number of unbranched alkanes of at least 4 members (excludes halogenated alkanes) is 23. The summed E-state index contributed by atoms with van der Waals surface area (Å²) in [7, 11) is -4.66. The summed E-state index contributed by atoms with van der Waals surface area (Å²) < 4.78 is 32.7. The Morgan fingerprint density at radius 1 is 0.581 bits per heavy atom. The van der Waals surface area contributed by atoms with E-state index in [-0.39, 0.29) is 12.8 Å². The molecular weight excluding hydrogens is 808 g/mol. The summed E-state index contributed by atoms with van der Waals surface area (Å²) in [6.45, 7) is 4.54. The number of phosphoric acid groups is 1. The van der Waals surface area contributed by atoms with Crippen LogP contribution in [0.15, 0.2) is 36.5 Å². The van der Waals surface area contributed by atoms with Gasteiger partial charge in [0.2, 0.25) is 0 Å². The lowest BCUT2D eigenvalue weighted by atomic mass is 10.0. The molecular formula is C50H93O11P. The first-order valence-corrected chi connectivity index (χ1v) is 26.4. The normalized spacial score (nSPS) is 14.6. The number of carbonyl (C=O) groups excluding carboxylic acids is 2. The minimum atomic E-state index is -4.66. The monoisotopic (exact) mass is 901 g/mol. The highest BCUT2D eigenvalue weighted by atomic mass is 31.2. The van der Waals surface area contributed by atoms with Gasteiger partial charge in [0.15, 0.2) is 6.10 Å². The molecule has 0 fully saturated rings. The first-order valence-electron chi connectivity index (χ1n) is 24.9. The molecule has 0 radical (unpaired) electrons. The Morgan fingerprint density at radius 2 is 1.10 bits per heavy atom. The molecule has 11 nitrogen and oxygen atoms in total. The molecule has 364 valence electrons. The largest absolute Gasteiger partial charge is 0.472 e. The fraction of sp³-hybridized carbons (Fsp3) is 0.840. The number of ether oxygens (including phenoxy) is 2. The molecule has 0 rings (SSSR count). The van der Waals surface area contributed by atoms with Crippen molar-refractivity contribution in [2.75, 3.05) is 26.4 Å². The van der Waals surface area contributed by atoms with Crippen LogP contribution in [0.3, 0.4) is 0 Å². The van der Waals surface area contributed by atoms with Crippen LogP contribution in [0.5, 0.6) is 0 Å². The average molecular weight is 901 g/mol. The van der Waals surface area contributed by atoms with Crippen molar-refractivity contribution < 1.29 is 52.9 Å². The number of phosphoric ester groups is 1. The van der Waals surface area contributed by atoms with Crippen molar-refractivity contribution >= 4 is 19.8 Å². The molecule has 0 saturated heterocycles. The number of aliphatic hydroxyl groups is 3. The molecule has 0 saturated carbocycles. The van der Waals surface area contributed by atoms with Gasteiger partial charge in [-0.05, 0) is 44.4 Å². The minimum Gasteiger partial charge on any atom is -0.462 e. The van der Waals surface area contributed by atoms with Crippen molar-refractivity contribution in [3.8, 4) is 0 Å². The predicted molar refractivity (Wildman–Crippen MR) is 253 cm³/mol. The molecule has 0 aliphatic rings. The van der Waals surface area contributed by atoms with Gasteiger partial charge < -0.3 is 29.7 Å². The highest BCUT2D eigenvalue weighted by Gasteiger charge is 2.27. The number of hydrogen-bond acceptors (Lipinski definition) is 10. The molecule has 0 amide bonds. The molecule has 4 atom stereocenters. The number of aliphatic hydroxyl groups excluding tert-OH is 3. The van der Waals surface area contributed by atoms with Crippen LogP contribution < -0.4 is 0 Å². The van der Waals surface area contributed by atoms with E-state index in [2.05, 4.69) is 37.4 Å². The summed E-state index contributed by atoms with van der Waals surface area (Å²) in [5.41, 5.74) is 0. The quantitative estimate of drug-likeness (QED) is 0.0151. The van der Waals surface area contributed by atoms with Gasteiger partial charge in [0.1, 0.15) is 12.7 Å². The summed E-state index contributed by atoms with van der Waals surface area (Å²) in [5.74, 6) is -0.278. The van der Waals surface area contributed by atoms with E-state index in [1.54, 1.807) is 12.2 Å². The molecule has 12 heteroatoms. The fourth-order valence-corrected chi connectivity index (χ4v) is 7.74. The summed E-state index contributed by atoms with van der Waals surface area (Å²) in [6, 6.07) is 0. The van der Waals surface area contributed by atoms with Crippen LogP contribution in [-0.2, 0) is 32.7 Å². The highest BCUT2D eigenvalue weighted by molar-refractivity contribution is 7.47. The van der Waals surface area contributed by atoms with Gasteiger partial charge in [-0.2, -0.15) is 0 Å². The Labute approximate surface area is 378 Å². The zero-order valence-electron chi connectivity index (χ0n) is 39.6. The van der Waals surface area contributed by atoms with Crippen LogP contribution in [-0.4, -0.2) is 76.9 Å². The van der Waals surface area contributed by atoms with Crippen molar-refractivity contribution in [1.29, 1.82) is 0 Å². The topological polar surface area (TPSA) is 169 Å². The maximum Gasteiger partial charge on any atom is 0.472 e. The van der Waals surface area contributed by atoms with Crippen molar-refractivity contribution in [3.63, 3.8) is 0 Å². The maximum atomic E-state index is 12.7. The van der Waals surface area contributed by atoms with E-state index in [1.165, 1.54) is 135 Å². The summed E-state index contributed by atoms with van der Waals surface area (Å²) in [4.78, 5) is 35.1. The Kier molecular flexibility index (Phi) is 43.0. The molecule has 0 bridgehead atoms.